The summed E-state index contributed by atoms with van der Waals surface area (Å²) in [6, 6.07) is 15.7. The highest BCUT2D eigenvalue weighted by Crippen LogP contribution is 2.37. The lowest BCUT2D eigenvalue weighted by Crippen LogP contribution is -2.34. The third-order valence-corrected chi connectivity index (χ3v) is 5.28. The van der Waals surface area contributed by atoms with Crippen molar-refractivity contribution in [1.82, 2.24) is 0 Å². The van der Waals surface area contributed by atoms with Crippen LogP contribution < -0.4 is 4.90 Å². The number of nitrogens with zero attached hydrogens (tertiary/aromatic N) is 2. The van der Waals surface area contributed by atoms with Crippen molar-refractivity contribution < 1.29 is 4.79 Å². The highest BCUT2D eigenvalue weighted by molar-refractivity contribution is 8.01. The summed E-state index contributed by atoms with van der Waals surface area (Å²) in [5.41, 5.74) is 3.78. The topological polar surface area (TPSA) is 32.7 Å². The molecule has 22 heavy (non-hydrogen) atoms. The molecule has 5 heteroatoms. The first-order chi connectivity index (χ1) is 10.7. The average Bonchev–Trinajstić information content (AvgIpc) is 2.82. The largest absolute Gasteiger partial charge is 0.297 e. The third-order valence-electron chi connectivity index (χ3n) is 3.88. The Bertz CT molecular complexity index is 775. The molecule has 0 bridgehead atoms. The van der Waals surface area contributed by atoms with Crippen LogP contribution in [-0.2, 0) is 4.79 Å². The molecular formula is C17H13ClN2OS. The Morgan fingerprint density at radius 1 is 1.18 bits per heavy atom. The Morgan fingerprint density at radius 3 is 2.82 bits per heavy atom. The predicted molar refractivity (Wildman–Crippen MR) is 92.1 cm³/mol. The number of benzene rings is 2. The quantitative estimate of drug-likeness (QED) is 0.801. The van der Waals surface area contributed by atoms with Crippen molar-refractivity contribution in [3.05, 3.63) is 64.7 Å². The summed E-state index contributed by atoms with van der Waals surface area (Å²) >= 11 is 7.85. The van der Waals surface area contributed by atoms with Crippen molar-refractivity contribution in [3.8, 4) is 0 Å². The number of halogens is 1. The van der Waals surface area contributed by atoms with Crippen molar-refractivity contribution in [1.29, 1.82) is 0 Å². The minimum Gasteiger partial charge on any atom is -0.297 e. The summed E-state index contributed by atoms with van der Waals surface area (Å²) in [5, 5.41) is 0.730. The zero-order chi connectivity index (χ0) is 15.1. The summed E-state index contributed by atoms with van der Waals surface area (Å²) in [6.45, 7) is 0.604. The second-order valence-electron chi connectivity index (χ2n) is 5.25. The molecule has 4 rings (SSSR count). The highest BCUT2D eigenvalue weighted by atomic mass is 35.5. The molecule has 1 unspecified atom stereocenters. The van der Waals surface area contributed by atoms with Crippen LogP contribution in [0, 0.1) is 0 Å². The van der Waals surface area contributed by atoms with Crippen LogP contribution in [0.2, 0.25) is 5.02 Å². The van der Waals surface area contributed by atoms with Crippen LogP contribution in [-0.4, -0.2) is 29.3 Å². The first kappa shape index (κ1) is 13.9. The van der Waals surface area contributed by atoms with Gasteiger partial charge in [-0.15, -0.1) is 11.8 Å². The molecule has 3 nitrogen and oxygen atoms in total. The van der Waals surface area contributed by atoms with Crippen LogP contribution >= 0.6 is 23.4 Å². The van der Waals surface area contributed by atoms with Gasteiger partial charge in [-0.25, -0.2) is 0 Å². The SMILES string of the molecule is O=C1CSC2CN=C(c3ccccc3)c3cc(Cl)ccc3N12. The fourth-order valence-electron chi connectivity index (χ4n) is 2.90. The lowest BCUT2D eigenvalue weighted by molar-refractivity contribution is -0.115. The maximum absolute atomic E-state index is 12.3. The van der Waals surface area contributed by atoms with E-state index in [1.807, 2.05) is 53.4 Å². The van der Waals surface area contributed by atoms with Gasteiger partial charge in [-0.05, 0) is 18.2 Å². The predicted octanol–water partition coefficient (Wildman–Crippen LogP) is 3.60. The Morgan fingerprint density at radius 2 is 2.00 bits per heavy atom. The summed E-state index contributed by atoms with van der Waals surface area (Å²) in [6.07, 6.45) is 0. The van der Waals surface area contributed by atoms with E-state index in [1.165, 1.54) is 0 Å². The summed E-state index contributed by atoms with van der Waals surface area (Å²) in [5.74, 6) is 0.659. The van der Waals surface area contributed by atoms with Crippen molar-refractivity contribution in [2.45, 2.75) is 5.37 Å². The lowest BCUT2D eigenvalue weighted by atomic mass is 10.0. The second kappa shape index (κ2) is 5.45. The number of carbonyl (C=O) groups excluding carboxylic acids is 1. The van der Waals surface area contributed by atoms with Gasteiger partial charge in [0.05, 0.1) is 23.7 Å². The molecule has 2 aromatic carbocycles. The van der Waals surface area contributed by atoms with Gasteiger partial charge < -0.3 is 0 Å². The number of rotatable bonds is 1. The normalized spacial score (nSPS) is 20.2. The Kier molecular flexibility index (Phi) is 3.43. The van der Waals surface area contributed by atoms with Crippen molar-refractivity contribution >= 4 is 40.7 Å². The van der Waals surface area contributed by atoms with Gasteiger partial charge in [0.25, 0.3) is 0 Å². The molecular weight excluding hydrogens is 316 g/mol. The number of aliphatic imine (C=N–C) groups is 1. The van der Waals surface area contributed by atoms with E-state index in [0.717, 1.165) is 22.5 Å². The lowest BCUT2D eigenvalue weighted by Gasteiger charge is -2.22. The van der Waals surface area contributed by atoms with Crippen molar-refractivity contribution in [2.75, 3.05) is 17.2 Å². The van der Waals surface area contributed by atoms with Crippen molar-refractivity contribution in [2.24, 2.45) is 4.99 Å². The molecule has 0 spiro atoms. The summed E-state index contributed by atoms with van der Waals surface area (Å²) in [4.78, 5) is 18.9. The number of thioether (sulfide) groups is 1. The van der Waals surface area contributed by atoms with Gasteiger partial charge in [0.15, 0.2) is 0 Å². The van der Waals surface area contributed by atoms with Gasteiger partial charge in [-0.1, -0.05) is 41.9 Å². The maximum atomic E-state index is 12.3. The number of carbonyl (C=O) groups is 1. The molecule has 1 saturated heterocycles. The van der Waals surface area contributed by atoms with Crippen LogP contribution in [0.3, 0.4) is 0 Å². The molecule has 2 aliphatic heterocycles. The van der Waals surface area contributed by atoms with Gasteiger partial charge >= 0.3 is 0 Å². The molecule has 0 aromatic heterocycles. The number of hydrogen-bond acceptors (Lipinski definition) is 3. The molecule has 0 N–H and O–H groups in total. The van der Waals surface area contributed by atoms with Gasteiger partial charge in [0.1, 0.15) is 5.37 Å². The van der Waals surface area contributed by atoms with E-state index in [2.05, 4.69) is 0 Å². The molecule has 110 valence electrons. The maximum Gasteiger partial charge on any atom is 0.238 e. The Labute approximate surface area is 138 Å². The zero-order valence-corrected chi connectivity index (χ0v) is 13.3. The number of anilines is 1. The van der Waals surface area contributed by atoms with E-state index in [4.69, 9.17) is 16.6 Å². The minimum absolute atomic E-state index is 0.0774. The van der Waals surface area contributed by atoms with Crippen LogP contribution in [0.5, 0.6) is 0 Å². The minimum atomic E-state index is 0.0774. The zero-order valence-electron chi connectivity index (χ0n) is 11.7. The summed E-state index contributed by atoms with van der Waals surface area (Å²) < 4.78 is 0. The second-order valence-corrected chi connectivity index (χ2v) is 6.85. The first-order valence-corrected chi connectivity index (χ1v) is 8.50. The number of hydrogen-bond donors (Lipinski definition) is 0. The highest BCUT2D eigenvalue weighted by Gasteiger charge is 2.36. The number of amides is 1. The molecule has 1 atom stereocenters. The van der Waals surface area contributed by atoms with Crippen LogP contribution in [0.25, 0.3) is 0 Å². The van der Waals surface area contributed by atoms with E-state index < -0.39 is 0 Å². The molecule has 2 heterocycles. The molecule has 1 amide bonds. The fraction of sp³-hybridized carbons (Fsp3) is 0.176. The monoisotopic (exact) mass is 328 g/mol. The van der Waals surface area contributed by atoms with E-state index in [-0.39, 0.29) is 11.3 Å². The standard InChI is InChI=1S/C17H13ClN2OS/c18-12-6-7-14-13(8-12)17(11-4-2-1-3-5-11)19-9-16-20(14)15(21)10-22-16/h1-8,16H,9-10H2. The third kappa shape index (κ3) is 2.23. The van der Waals surface area contributed by atoms with Gasteiger partial charge in [0, 0.05) is 16.1 Å². The Hall–Kier alpha value is -1.78. The Balaban J connectivity index is 1.93. The van der Waals surface area contributed by atoms with Crippen LogP contribution in [0.15, 0.2) is 53.5 Å². The smallest absolute Gasteiger partial charge is 0.238 e. The van der Waals surface area contributed by atoms with Crippen molar-refractivity contribution in [3.63, 3.8) is 0 Å². The van der Waals surface area contributed by atoms with E-state index in [1.54, 1.807) is 11.8 Å². The average molecular weight is 329 g/mol. The molecule has 2 aliphatic rings. The van der Waals surface area contributed by atoms with Gasteiger partial charge in [-0.2, -0.15) is 0 Å². The van der Waals surface area contributed by atoms with E-state index >= 15 is 0 Å². The van der Waals surface area contributed by atoms with Gasteiger partial charge in [0.2, 0.25) is 5.91 Å². The molecule has 2 aromatic rings. The van der Waals surface area contributed by atoms with E-state index in [9.17, 15) is 4.79 Å². The van der Waals surface area contributed by atoms with Crippen LogP contribution in [0.1, 0.15) is 11.1 Å². The van der Waals surface area contributed by atoms with E-state index in [0.29, 0.717) is 17.3 Å². The van der Waals surface area contributed by atoms with Gasteiger partial charge in [-0.3, -0.25) is 14.7 Å². The summed E-state index contributed by atoms with van der Waals surface area (Å²) in [7, 11) is 0. The first-order valence-electron chi connectivity index (χ1n) is 7.07. The van der Waals surface area contributed by atoms with Crippen LogP contribution in [0.4, 0.5) is 5.69 Å². The molecule has 0 saturated carbocycles. The fourth-order valence-corrected chi connectivity index (χ4v) is 4.11. The molecule has 1 fully saturated rings. The molecule has 0 radical (unpaired) electrons. The number of fused-ring (bicyclic) bond motifs is 3. The molecule has 0 aliphatic carbocycles.